The average molecular weight is 449 g/mol. The minimum Gasteiger partial charge on any atom is -0.321 e. The van der Waals surface area contributed by atoms with Gasteiger partial charge < -0.3 is 5.32 Å². The van der Waals surface area contributed by atoms with Crippen molar-refractivity contribution in [3.8, 4) is 0 Å². The summed E-state index contributed by atoms with van der Waals surface area (Å²) >= 11 is 0.334. The number of benzene rings is 3. The molecule has 1 amide bonds. The molecule has 3 aromatic rings. The highest BCUT2D eigenvalue weighted by atomic mass is 32.2. The molecule has 2 N–H and O–H groups in total. The number of sulfonamides is 1. The number of para-hydroxylation sites is 2. The number of halogens is 2. The topological polar surface area (TPSA) is 75.3 Å². The summed E-state index contributed by atoms with van der Waals surface area (Å²) < 4.78 is 53.1. The Morgan fingerprint density at radius 1 is 0.900 bits per heavy atom. The van der Waals surface area contributed by atoms with Gasteiger partial charge in [-0.1, -0.05) is 42.1 Å². The number of anilines is 2. The van der Waals surface area contributed by atoms with E-state index in [1.165, 1.54) is 36.4 Å². The monoisotopic (exact) mass is 448 g/mol. The third-order valence-corrected chi connectivity index (χ3v) is 6.34. The Hall–Kier alpha value is -2.91. The van der Waals surface area contributed by atoms with Crippen LogP contribution in [0.2, 0.25) is 0 Å². The molecule has 0 fully saturated rings. The molecule has 5 nitrogen and oxygen atoms in total. The van der Waals surface area contributed by atoms with Crippen molar-refractivity contribution in [2.45, 2.75) is 22.5 Å². The zero-order chi connectivity index (χ0) is 21.7. The van der Waals surface area contributed by atoms with Crippen molar-refractivity contribution in [1.82, 2.24) is 0 Å². The zero-order valence-corrected chi connectivity index (χ0v) is 17.4. The van der Waals surface area contributed by atoms with Gasteiger partial charge in [0.2, 0.25) is 0 Å². The van der Waals surface area contributed by atoms with Crippen LogP contribution in [0, 0.1) is 6.92 Å². The zero-order valence-electron chi connectivity index (χ0n) is 15.8. The molecule has 3 aromatic carbocycles. The Morgan fingerprint density at radius 2 is 1.50 bits per heavy atom. The summed E-state index contributed by atoms with van der Waals surface area (Å²) in [6.07, 6.45) is 0. The molecule has 156 valence electrons. The highest BCUT2D eigenvalue weighted by molar-refractivity contribution is 7.99. The third-order valence-electron chi connectivity index (χ3n) is 4.17. The van der Waals surface area contributed by atoms with Crippen LogP contribution in [-0.4, -0.2) is 20.1 Å². The number of thioether (sulfide) groups is 1. The molecule has 0 bridgehead atoms. The summed E-state index contributed by atoms with van der Waals surface area (Å²) in [6, 6.07) is 18.6. The van der Waals surface area contributed by atoms with Crippen molar-refractivity contribution in [3.05, 3.63) is 83.9 Å². The van der Waals surface area contributed by atoms with E-state index in [-0.39, 0.29) is 21.0 Å². The fraction of sp³-hybridized carbons (Fsp3) is 0.0952. The number of carbonyl (C=O) groups excluding carboxylic acids is 1. The largest absolute Gasteiger partial charge is 0.321 e. The van der Waals surface area contributed by atoms with E-state index in [0.29, 0.717) is 17.4 Å². The molecular formula is C21H18F2N2O3S2. The molecule has 0 atom stereocenters. The normalized spacial score (nSPS) is 11.3. The standard InChI is InChI=1S/C21H18F2N2O3S2/c1-14-6-2-3-7-17(14)25-30(27,28)16-12-10-15(11-13-16)20(26)24-18-8-4-5-9-19(18)29-21(22)23/h2-13,21,25H,1H3,(H,24,26). The van der Waals surface area contributed by atoms with E-state index < -0.39 is 21.7 Å². The van der Waals surface area contributed by atoms with Gasteiger partial charge in [-0.15, -0.1) is 0 Å². The first-order valence-corrected chi connectivity index (χ1v) is 11.2. The Balaban J connectivity index is 1.76. The van der Waals surface area contributed by atoms with Crippen molar-refractivity contribution >= 4 is 39.1 Å². The van der Waals surface area contributed by atoms with Crippen LogP contribution in [0.5, 0.6) is 0 Å². The maximum atomic E-state index is 12.7. The number of carbonyl (C=O) groups is 1. The maximum absolute atomic E-state index is 12.7. The average Bonchev–Trinajstić information content (AvgIpc) is 2.71. The molecule has 30 heavy (non-hydrogen) atoms. The second-order valence-corrected chi connectivity index (χ2v) is 8.99. The van der Waals surface area contributed by atoms with Crippen molar-refractivity contribution < 1.29 is 22.0 Å². The van der Waals surface area contributed by atoms with Crippen LogP contribution in [0.3, 0.4) is 0 Å². The minimum atomic E-state index is -3.83. The fourth-order valence-electron chi connectivity index (χ4n) is 2.64. The van der Waals surface area contributed by atoms with E-state index in [0.717, 1.165) is 5.56 Å². The molecule has 0 saturated carbocycles. The van der Waals surface area contributed by atoms with Gasteiger partial charge in [-0.2, -0.15) is 8.78 Å². The number of nitrogens with one attached hydrogen (secondary N) is 2. The number of alkyl halides is 2. The first-order chi connectivity index (χ1) is 14.3. The Kier molecular flexibility index (Phi) is 6.73. The molecule has 3 rings (SSSR count). The number of rotatable bonds is 7. The van der Waals surface area contributed by atoms with Crippen LogP contribution < -0.4 is 10.0 Å². The molecule has 0 heterocycles. The summed E-state index contributed by atoms with van der Waals surface area (Å²) in [6.45, 7) is 1.79. The number of hydrogen-bond acceptors (Lipinski definition) is 4. The molecule has 0 aliphatic heterocycles. The van der Waals surface area contributed by atoms with Gasteiger partial charge in [0, 0.05) is 10.5 Å². The van der Waals surface area contributed by atoms with Crippen molar-refractivity contribution in [2.75, 3.05) is 10.0 Å². The van der Waals surface area contributed by atoms with Crippen LogP contribution in [0.15, 0.2) is 82.6 Å². The lowest BCUT2D eigenvalue weighted by Gasteiger charge is -2.12. The molecule has 0 aliphatic rings. The lowest BCUT2D eigenvalue weighted by Crippen LogP contribution is -2.15. The molecule has 0 saturated heterocycles. The lowest BCUT2D eigenvalue weighted by molar-refractivity contribution is 0.102. The van der Waals surface area contributed by atoms with E-state index in [9.17, 15) is 22.0 Å². The van der Waals surface area contributed by atoms with Gasteiger partial charge in [0.1, 0.15) is 0 Å². The summed E-state index contributed by atoms with van der Waals surface area (Å²) in [4.78, 5) is 12.7. The third kappa shape index (κ3) is 5.37. The SMILES string of the molecule is Cc1ccccc1NS(=O)(=O)c1ccc(C(=O)Nc2ccccc2SC(F)F)cc1. The Morgan fingerprint density at radius 3 is 2.13 bits per heavy atom. The second kappa shape index (κ2) is 9.27. The smallest absolute Gasteiger partial charge is 0.288 e. The van der Waals surface area contributed by atoms with E-state index in [4.69, 9.17) is 0 Å². The summed E-state index contributed by atoms with van der Waals surface area (Å²) in [5.74, 6) is -3.15. The molecule has 0 spiro atoms. The predicted octanol–water partition coefficient (Wildman–Crippen LogP) is 5.36. The van der Waals surface area contributed by atoms with Gasteiger partial charge in [-0.3, -0.25) is 9.52 Å². The molecular weight excluding hydrogens is 430 g/mol. The first kappa shape index (κ1) is 21.8. The predicted molar refractivity (Wildman–Crippen MR) is 115 cm³/mol. The second-order valence-electron chi connectivity index (χ2n) is 6.27. The highest BCUT2D eigenvalue weighted by Crippen LogP contribution is 2.32. The van der Waals surface area contributed by atoms with Crippen LogP contribution >= 0.6 is 11.8 Å². The first-order valence-electron chi connectivity index (χ1n) is 8.80. The van der Waals surface area contributed by atoms with Crippen LogP contribution in [0.1, 0.15) is 15.9 Å². The van der Waals surface area contributed by atoms with E-state index in [2.05, 4.69) is 10.0 Å². The summed E-state index contributed by atoms with van der Waals surface area (Å²) in [5, 5.41) is 2.58. The van der Waals surface area contributed by atoms with Gasteiger partial charge in [0.05, 0.1) is 16.3 Å². The van der Waals surface area contributed by atoms with Crippen LogP contribution in [0.25, 0.3) is 0 Å². The van der Waals surface area contributed by atoms with Crippen molar-refractivity contribution in [2.24, 2.45) is 0 Å². The Bertz CT molecular complexity index is 1150. The van der Waals surface area contributed by atoms with Crippen molar-refractivity contribution in [1.29, 1.82) is 0 Å². The summed E-state index contributed by atoms with van der Waals surface area (Å²) in [5.41, 5.74) is 1.69. The van der Waals surface area contributed by atoms with Crippen molar-refractivity contribution in [3.63, 3.8) is 0 Å². The van der Waals surface area contributed by atoms with Gasteiger partial charge >= 0.3 is 0 Å². The quantitative estimate of drug-likeness (QED) is 0.477. The minimum absolute atomic E-state index is 0.00374. The van der Waals surface area contributed by atoms with Gasteiger partial charge in [-0.25, -0.2) is 8.42 Å². The molecule has 0 radical (unpaired) electrons. The summed E-state index contributed by atoms with van der Waals surface area (Å²) in [7, 11) is -3.83. The fourth-order valence-corrected chi connectivity index (χ4v) is 4.37. The molecule has 9 heteroatoms. The van der Waals surface area contributed by atoms with E-state index in [1.807, 2.05) is 0 Å². The number of hydrogen-bond donors (Lipinski definition) is 2. The number of amides is 1. The van der Waals surface area contributed by atoms with Crippen LogP contribution in [-0.2, 0) is 10.0 Å². The molecule has 0 aliphatic carbocycles. The molecule has 0 unspecified atom stereocenters. The van der Waals surface area contributed by atoms with Crippen LogP contribution in [0.4, 0.5) is 20.2 Å². The Labute approximate surface area is 177 Å². The van der Waals surface area contributed by atoms with Gasteiger partial charge in [-0.05, 0) is 55.0 Å². The maximum Gasteiger partial charge on any atom is 0.288 e. The van der Waals surface area contributed by atoms with Gasteiger partial charge in [0.15, 0.2) is 0 Å². The lowest BCUT2D eigenvalue weighted by atomic mass is 10.2. The van der Waals surface area contributed by atoms with E-state index in [1.54, 1.807) is 43.3 Å². The van der Waals surface area contributed by atoms with Gasteiger partial charge in [0.25, 0.3) is 21.7 Å². The highest BCUT2D eigenvalue weighted by Gasteiger charge is 2.17. The molecule has 0 aromatic heterocycles. The number of aryl methyl sites for hydroxylation is 1. The van der Waals surface area contributed by atoms with E-state index >= 15 is 0 Å².